The van der Waals surface area contributed by atoms with Crippen LogP contribution < -0.4 is 10.1 Å². The van der Waals surface area contributed by atoms with Gasteiger partial charge in [0.2, 0.25) is 0 Å². The van der Waals surface area contributed by atoms with Gasteiger partial charge in [0.05, 0.1) is 24.4 Å². The van der Waals surface area contributed by atoms with Crippen molar-refractivity contribution in [3.8, 4) is 5.75 Å². The molecule has 1 aromatic carbocycles. The van der Waals surface area contributed by atoms with Crippen molar-refractivity contribution < 1.29 is 14.3 Å². The van der Waals surface area contributed by atoms with Gasteiger partial charge >= 0.3 is 0 Å². The van der Waals surface area contributed by atoms with E-state index < -0.39 is 0 Å². The van der Waals surface area contributed by atoms with Gasteiger partial charge in [-0.2, -0.15) is 0 Å². The highest BCUT2D eigenvalue weighted by atomic mass is 32.1. The fourth-order valence-electron chi connectivity index (χ4n) is 2.64. The zero-order valence-corrected chi connectivity index (χ0v) is 14.8. The van der Waals surface area contributed by atoms with Gasteiger partial charge in [-0.05, 0) is 31.9 Å². The van der Waals surface area contributed by atoms with Crippen LogP contribution in [0.1, 0.15) is 32.9 Å². The first kappa shape index (κ1) is 16.9. The highest BCUT2D eigenvalue weighted by molar-refractivity contribution is 7.11. The van der Waals surface area contributed by atoms with Crippen LogP contribution in [0.15, 0.2) is 23.7 Å². The summed E-state index contributed by atoms with van der Waals surface area (Å²) < 4.78 is 11.4. The summed E-state index contributed by atoms with van der Waals surface area (Å²) in [6, 6.07) is 6.07. The molecule has 6 heteroatoms. The largest absolute Gasteiger partial charge is 0.493 e. The second-order valence-electron chi connectivity index (χ2n) is 6.10. The van der Waals surface area contributed by atoms with Crippen LogP contribution in [0, 0.1) is 19.8 Å². The molecule has 24 heavy (non-hydrogen) atoms. The maximum absolute atomic E-state index is 12.2. The van der Waals surface area contributed by atoms with E-state index in [1.54, 1.807) is 5.51 Å². The summed E-state index contributed by atoms with van der Waals surface area (Å²) in [5.41, 5.74) is 4.57. The SMILES string of the molecule is Cc1ccc(CNC(=O)c2scnc2C)c(OC[C@H]2CCOC2)c1. The molecule has 1 atom stereocenters. The zero-order chi connectivity index (χ0) is 16.9. The van der Waals surface area contributed by atoms with Gasteiger partial charge < -0.3 is 14.8 Å². The molecule has 3 rings (SSSR count). The molecule has 128 valence electrons. The minimum absolute atomic E-state index is 0.0919. The number of carbonyl (C=O) groups excluding carboxylic acids is 1. The van der Waals surface area contributed by atoms with Crippen molar-refractivity contribution in [1.29, 1.82) is 0 Å². The van der Waals surface area contributed by atoms with E-state index in [1.165, 1.54) is 11.3 Å². The molecule has 5 nitrogen and oxygen atoms in total. The van der Waals surface area contributed by atoms with Gasteiger partial charge in [-0.15, -0.1) is 11.3 Å². The maximum atomic E-state index is 12.2. The monoisotopic (exact) mass is 346 g/mol. The van der Waals surface area contributed by atoms with Crippen LogP contribution in [0.25, 0.3) is 0 Å². The van der Waals surface area contributed by atoms with E-state index in [1.807, 2.05) is 32.0 Å². The Morgan fingerprint density at radius 3 is 3.04 bits per heavy atom. The summed E-state index contributed by atoms with van der Waals surface area (Å²) >= 11 is 1.36. The summed E-state index contributed by atoms with van der Waals surface area (Å²) in [6.45, 7) is 6.55. The van der Waals surface area contributed by atoms with Crippen molar-refractivity contribution in [2.75, 3.05) is 19.8 Å². The molecule has 2 aromatic rings. The molecule has 1 fully saturated rings. The lowest BCUT2D eigenvalue weighted by Gasteiger charge is -2.15. The van der Waals surface area contributed by atoms with E-state index in [-0.39, 0.29) is 5.91 Å². The third-order valence-electron chi connectivity index (χ3n) is 4.11. The first-order valence-corrected chi connectivity index (χ1v) is 9.00. The molecular weight excluding hydrogens is 324 g/mol. The Morgan fingerprint density at radius 2 is 2.33 bits per heavy atom. The summed E-state index contributed by atoms with van der Waals surface area (Å²) in [5, 5.41) is 2.96. The van der Waals surface area contributed by atoms with E-state index in [2.05, 4.69) is 10.3 Å². The number of nitrogens with one attached hydrogen (secondary N) is 1. The van der Waals surface area contributed by atoms with Crippen molar-refractivity contribution in [3.05, 3.63) is 45.4 Å². The molecule has 1 aliphatic heterocycles. The zero-order valence-electron chi connectivity index (χ0n) is 14.0. The van der Waals surface area contributed by atoms with Gasteiger partial charge in [0, 0.05) is 24.6 Å². The minimum Gasteiger partial charge on any atom is -0.493 e. The molecule has 0 saturated carbocycles. The number of aryl methyl sites for hydroxylation is 2. The Bertz CT molecular complexity index is 708. The Morgan fingerprint density at radius 1 is 1.46 bits per heavy atom. The molecule has 1 N–H and O–H groups in total. The molecule has 1 aliphatic rings. The molecule has 1 amide bonds. The summed E-state index contributed by atoms with van der Waals surface area (Å²) in [6.07, 6.45) is 1.04. The number of rotatable bonds is 6. The smallest absolute Gasteiger partial charge is 0.263 e. The van der Waals surface area contributed by atoms with Crippen molar-refractivity contribution in [1.82, 2.24) is 10.3 Å². The molecule has 2 heterocycles. The number of carbonyl (C=O) groups is 1. The van der Waals surface area contributed by atoms with Gasteiger partial charge in [0.15, 0.2) is 0 Å². The van der Waals surface area contributed by atoms with Crippen molar-refractivity contribution in [2.24, 2.45) is 5.92 Å². The van der Waals surface area contributed by atoms with E-state index in [0.29, 0.717) is 23.9 Å². The molecule has 0 radical (unpaired) electrons. The highest BCUT2D eigenvalue weighted by Gasteiger charge is 2.17. The number of aromatic nitrogens is 1. The Kier molecular flexibility index (Phi) is 5.48. The summed E-state index contributed by atoms with van der Waals surface area (Å²) in [5.74, 6) is 1.20. The van der Waals surface area contributed by atoms with Gasteiger partial charge in [-0.1, -0.05) is 12.1 Å². The van der Waals surface area contributed by atoms with Crippen LogP contribution in [0.4, 0.5) is 0 Å². The average Bonchev–Trinajstić information content (AvgIpc) is 3.23. The van der Waals surface area contributed by atoms with E-state index in [9.17, 15) is 4.79 Å². The van der Waals surface area contributed by atoms with Crippen molar-refractivity contribution in [3.63, 3.8) is 0 Å². The molecular formula is C18H22N2O3S. The number of nitrogens with zero attached hydrogens (tertiary/aromatic N) is 1. The fraction of sp³-hybridized carbons (Fsp3) is 0.444. The number of hydrogen-bond acceptors (Lipinski definition) is 5. The molecule has 1 aromatic heterocycles. The fourth-order valence-corrected chi connectivity index (χ4v) is 3.36. The summed E-state index contributed by atoms with van der Waals surface area (Å²) in [4.78, 5) is 17.0. The van der Waals surface area contributed by atoms with Gasteiger partial charge in [0.25, 0.3) is 5.91 Å². The number of benzene rings is 1. The molecule has 1 saturated heterocycles. The van der Waals surface area contributed by atoms with Gasteiger partial charge in [-0.3, -0.25) is 4.79 Å². The Balaban J connectivity index is 1.63. The maximum Gasteiger partial charge on any atom is 0.263 e. The number of thiazole rings is 1. The highest BCUT2D eigenvalue weighted by Crippen LogP contribution is 2.23. The van der Waals surface area contributed by atoms with E-state index in [4.69, 9.17) is 9.47 Å². The van der Waals surface area contributed by atoms with Crippen LogP contribution in [0.5, 0.6) is 5.75 Å². The Hall–Kier alpha value is -1.92. The quantitative estimate of drug-likeness (QED) is 0.873. The predicted molar refractivity (Wildman–Crippen MR) is 93.6 cm³/mol. The van der Waals surface area contributed by atoms with Gasteiger partial charge in [-0.25, -0.2) is 4.98 Å². The normalized spacial score (nSPS) is 17.0. The molecule has 0 unspecified atom stereocenters. The lowest BCUT2D eigenvalue weighted by molar-refractivity contribution is 0.0954. The lowest BCUT2D eigenvalue weighted by atomic mass is 10.1. The van der Waals surface area contributed by atoms with Crippen LogP contribution >= 0.6 is 11.3 Å². The van der Waals surface area contributed by atoms with Crippen LogP contribution in [-0.2, 0) is 11.3 Å². The van der Waals surface area contributed by atoms with E-state index in [0.717, 1.165) is 42.2 Å². The van der Waals surface area contributed by atoms with Crippen molar-refractivity contribution in [2.45, 2.75) is 26.8 Å². The summed E-state index contributed by atoms with van der Waals surface area (Å²) in [7, 11) is 0. The second-order valence-corrected chi connectivity index (χ2v) is 6.96. The topological polar surface area (TPSA) is 60.5 Å². The molecule has 0 spiro atoms. The Labute approximate surface area is 146 Å². The number of ether oxygens (including phenoxy) is 2. The second kappa shape index (κ2) is 7.77. The number of hydrogen-bond donors (Lipinski definition) is 1. The van der Waals surface area contributed by atoms with Gasteiger partial charge in [0.1, 0.15) is 10.6 Å². The minimum atomic E-state index is -0.0919. The molecule has 0 bridgehead atoms. The first-order chi connectivity index (χ1) is 11.6. The van der Waals surface area contributed by atoms with Crippen LogP contribution in [0.2, 0.25) is 0 Å². The van der Waals surface area contributed by atoms with E-state index >= 15 is 0 Å². The third-order valence-corrected chi connectivity index (χ3v) is 5.04. The van der Waals surface area contributed by atoms with Crippen molar-refractivity contribution >= 4 is 17.2 Å². The third kappa shape index (κ3) is 4.13. The standard InChI is InChI=1S/C18H22N2O3S/c1-12-3-4-15(8-19-18(21)17-13(2)20-11-24-17)16(7-12)23-10-14-5-6-22-9-14/h3-4,7,11,14H,5-6,8-10H2,1-2H3,(H,19,21)/t14-/m0/s1. The lowest BCUT2D eigenvalue weighted by Crippen LogP contribution is -2.23. The number of amides is 1. The molecule has 0 aliphatic carbocycles. The predicted octanol–water partition coefficient (Wildman–Crippen LogP) is 3.11. The van der Waals surface area contributed by atoms with Crippen LogP contribution in [0.3, 0.4) is 0 Å². The average molecular weight is 346 g/mol. The first-order valence-electron chi connectivity index (χ1n) is 8.12. The van der Waals surface area contributed by atoms with Crippen LogP contribution in [-0.4, -0.2) is 30.7 Å².